The summed E-state index contributed by atoms with van der Waals surface area (Å²) < 4.78 is 0.708. The molecule has 2 heterocycles. The number of hydrogen-bond acceptors (Lipinski definition) is 2. The lowest BCUT2D eigenvalue weighted by molar-refractivity contribution is 1.28. The molecule has 0 radical (unpaired) electrons. The van der Waals surface area contributed by atoms with E-state index in [9.17, 15) is 0 Å². The second kappa shape index (κ2) is 2.46. The maximum absolute atomic E-state index is 5.85. The zero-order valence-electron chi connectivity index (χ0n) is 5.31. The Kier molecular flexibility index (Phi) is 1.58. The molecule has 0 aromatic carbocycles. The van der Waals surface area contributed by atoms with E-state index in [1.165, 1.54) is 0 Å². The third-order valence-corrected chi connectivity index (χ3v) is 2.00. The first-order valence-electron chi connectivity index (χ1n) is 2.92. The highest BCUT2D eigenvalue weighted by Crippen LogP contribution is 2.21. The van der Waals surface area contributed by atoms with E-state index in [0.717, 1.165) is 0 Å². The van der Waals surface area contributed by atoms with Crippen molar-refractivity contribution in [2.75, 3.05) is 0 Å². The number of imidazole rings is 1. The van der Waals surface area contributed by atoms with E-state index >= 15 is 0 Å². The van der Waals surface area contributed by atoms with Gasteiger partial charge in [0.1, 0.15) is 10.1 Å². The van der Waals surface area contributed by atoms with Crippen LogP contribution in [0.1, 0.15) is 0 Å². The number of rotatable bonds is 0. The van der Waals surface area contributed by atoms with Crippen molar-refractivity contribution in [3.63, 3.8) is 0 Å². The molecule has 0 unspecified atom stereocenters. The Bertz CT molecular complexity index is 398. The van der Waals surface area contributed by atoms with Crippen LogP contribution in [0, 0.1) is 0 Å². The van der Waals surface area contributed by atoms with Gasteiger partial charge in [-0.2, -0.15) is 0 Å². The number of nitrogens with one attached hydrogen (secondary N) is 1. The monoisotopic (exact) mass is 231 g/mol. The summed E-state index contributed by atoms with van der Waals surface area (Å²) in [6, 6.07) is 1.71. The maximum atomic E-state index is 5.85. The molecule has 0 aliphatic carbocycles. The molecule has 56 valence electrons. The van der Waals surface area contributed by atoms with Gasteiger partial charge in [-0.25, -0.2) is 9.97 Å². The summed E-state index contributed by atoms with van der Waals surface area (Å²) in [5, 5.41) is 0.600. The van der Waals surface area contributed by atoms with Gasteiger partial charge in [0.25, 0.3) is 0 Å². The lowest BCUT2D eigenvalue weighted by Crippen LogP contribution is -1.79. The quantitative estimate of drug-likeness (QED) is 0.709. The van der Waals surface area contributed by atoms with Gasteiger partial charge in [-0.15, -0.1) is 0 Å². The highest BCUT2D eigenvalue weighted by Gasteiger charge is 2.03. The molecule has 2 aromatic heterocycles. The largest absolute Gasteiger partial charge is 0.329 e. The molecule has 0 amide bonds. The van der Waals surface area contributed by atoms with E-state index in [4.69, 9.17) is 11.6 Å². The summed E-state index contributed by atoms with van der Waals surface area (Å²) in [5.74, 6) is 0. The second-order valence-electron chi connectivity index (χ2n) is 2.03. The fourth-order valence-electron chi connectivity index (χ4n) is 0.859. The molecule has 0 spiro atoms. The van der Waals surface area contributed by atoms with Gasteiger partial charge in [-0.05, 0) is 22.0 Å². The Balaban J connectivity index is 2.91. The molecule has 0 atom stereocenters. The van der Waals surface area contributed by atoms with Crippen LogP contribution in [0.4, 0.5) is 0 Å². The van der Waals surface area contributed by atoms with Gasteiger partial charge in [-0.3, -0.25) is 0 Å². The standard InChI is InChI=1S/C6H3BrClN3/c7-4-1-3(8)5-6(11-4)10-2-9-5/h1-2H,(H,9,10,11). The van der Waals surface area contributed by atoms with E-state index in [-0.39, 0.29) is 0 Å². The molecule has 0 saturated carbocycles. The lowest BCUT2D eigenvalue weighted by Gasteiger charge is -1.92. The Morgan fingerprint density at radius 1 is 1.55 bits per heavy atom. The number of aromatic amines is 1. The molecule has 0 bridgehead atoms. The van der Waals surface area contributed by atoms with E-state index in [2.05, 4.69) is 30.9 Å². The Morgan fingerprint density at radius 3 is 3.18 bits per heavy atom. The van der Waals surface area contributed by atoms with Gasteiger partial charge in [0, 0.05) is 0 Å². The molecule has 3 nitrogen and oxygen atoms in total. The number of halogens is 2. The van der Waals surface area contributed by atoms with Crippen LogP contribution in [-0.4, -0.2) is 15.0 Å². The first-order valence-corrected chi connectivity index (χ1v) is 4.09. The molecule has 1 N–H and O–H groups in total. The normalized spacial score (nSPS) is 10.7. The molecule has 0 fully saturated rings. The van der Waals surface area contributed by atoms with Crippen molar-refractivity contribution in [3.8, 4) is 0 Å². The number of pyridine rings is 1. The minimum atomic E-state index is 0.600. The SMILES string of the molecule is Clc1cc(Br)nc2[nH]cnc12. The molecule has 2 rings (SSSR count). The molecule has 11 heavy (non-hydrogen) atoms. The van der Waals surface area contributed by atoms with Crippen LogP contribution >= 0.6 is 27.5 Å². The fourth-order valence-corrected chi connectivity index (χ4v) is 1.64. The van der Waals surface area contributed by atoms with Crippen molar-refractivity contribution >= 4 is 38.7 Å². The molecule has 5 heteroatoms. The van der Waals surface area contributed by atoms with Gasteiger partial charge in [0.05, 0.1) is 11.3 Å². The third kappa shape index (κ3) is 1.12. The van der Waals surface area contributed by atoms with Crippen molar-refractivity contribution in [1.82, 2.24) is 15.0 Å². The molecule has 0 saturated heterocycles. The molecule has 0 aliphatic rings. The average molecular weight is 232 g/mol. The Morgan fingerprint density at radius 2 is 2.36 bits per heavy atom. The van der Waals surface area contributed by atoms with E-state index in [0.29, 0.717) is 20.8 Å². The highest BCUT2D eigenvalue weighted by atomic mass is 79.9. The predicted octanol–water partition coefficient (Wildman–Crippen LogP) is 2.37. The van der Waals surface area contributed by atoms with E-state index in [1.54, 1.807) is 12.4 Å². The van der Waals surface area contributed by atoms with Gasteiger partial charge < -0.3 is 4.98 Å². The number of fused-ring (bicyclic) bond motifs is 1. The first kappa shape index (κ1) is 7.06. The summed E-state index contributed by atoms with van der Waals surface area (Å²) >= 11 is 9.08. The van der Waals surface area contributed by atoms with Crippen molar-refractivity contribution in [2.45, 2.75) is 0 Å². The second-order valence-corrected chi connectivity index (χ2v) is 3.25. The minimum absolute atomic E-state index is 0.600. The smallest absolute Gasteiger partial charge is 0.159 e. The number of aromatic nitrogens is 3. The van der Waals surface area contributed by atoms with Crippen LogP contribution < -0.4 is 0 Å². The average Bonchev–Trinajstić information content (AvgIpc) is 2.34. The Hall–Kier alpha value is -0.610. The molecule has 2 aromatic rings. The van der Waals surface area contributed by atoms with Crippen LogP contribution in [0.2, 0.25) is 5.02 Å². The lowest BCUT2D eigenvalue weighted by atomic mass is 10.4. The van der Waals surface area contributed by atoms with Gasteiger partial charge in [0.15, 0.2) is 5.65 Å². The Labute approximate surface area is 75.9 Å². The van der Waals surface area contributed by atoms with Crippen molar-refractivity contribution in [1.29, 1.82) is 0 Å². The summed E-state index contributed by atoms with van der Waals surface area (Å²) in [7, 11) is 0. The van der Waals surface area contributed by atoms with Crippen LogP contribution in [0.5, 0.6) is 0 Å². The number of H-pyrrole nitrogens is 1. The van der Waals surface area contributed by atoms with Crippen molar-refractivity contribution < 1.29 is 0 Å². The van der Waals surface area contributed by atoms with Crippen LogP contribution in [-0.2, 0) is 0 Å². The summed E-state index contributed by atoms with van der Waals surface area (Å²) in [6.45, 7) is 0. The van der Waals surface area contributed by atoms with Crippen molar-refractivity contribution in [3.05, 3.63) is 22.0 Å². The first-order chi connectivity index (χ1) is 5.27. The van der Waals surface area contributed by atoms with Crippen LogP contribution in [0.15, 0.2) is 17.0 Å². The summed E-state index contributed by atoms with van der Waals surface area (Å²) in [5.41, 5.74) is 1.40. The summed E-state index contributed by atoms with van der Waals surface area (Å²) in [6.07, 6.45) is 1.57. The molecular weight excluding hydrogens is 229 g/mol. The van der Waals surface area contributed by atoms with Crippen LogP contribution in [0.25, 0.3) is 11.2 Å². The predicted molar refractivity (Wildman–Crippen MR) is 46.6 cm³/mol. The van der Waals surface area contributed by atoms with Crippen LogP contribution in [0.3, 0.4) is 0 Å². The minimum Gasteiger partial charge on any atom is -0.329 e. The zero-order chi connectivity index (χ0) is 7.84. The fraction of sp³-hybridized carbons (Fsp3) is 0. The third-order valence-electron chi connectivity index (χ3n) is 1.31. The topological polar surface area (TPSA) is 41.6 Å². The maximum Gasteiger partial charge on any atom is 0.159 e. The van der Waals surface area contributed by atoms with Crippen molar-refractivity contribution in [2.24, 2.45) is 0 Å². The van der Waals surface area contributed by atoms with E-state index in [1.807, 2.05) is 0 Å². The van der Waals surface area contributed by atoms with E-state index < -0.39 is 0 Å². The van der Waals surface area contributed by atoms with Gasteiger partial charge in [0.2, 0.25) is 0 Å². The highest BCUT2D eigenvalue weighted by molar-refractivity contribution is 9.10. The number of hydrogen-bond donors (Lipinski definition) is 1. The molecular formula is C6H3BrClN3. The van der Waals surface area contributed by atoms with Gasteiger partial charge >= 0.3 is 0 Å². The number of nitrogens with zero attached hydrogens (tertiary/aromatic N) is 2. The zero-order valence-corrected chi connectivity index (χ0v) is 7.65. The van der Waals surface area contributed by atoms with Gasteiger partial charge in [-0.1, -0.05) is 11.6 Å². The summed E-state index contributed by atoms with van der Waals surface area (Å²) in [4.78, 5) is 11.0. The molecule has 0 aliphatic heterocycles.